The highest BCUT2D eigenvalue weighted by molar-refractivity contribution is 6.31. The third-order valence-corrected chi connectivity index (χ3v) is 3.13. The Bertz CT molecular complexity index is 529. The first-order valence-electron chi connectivity index (χ1n) is 5.56. The van der Waals surface area contributed by atoms with E-state index in [4.69, 9.17) is 27.9 Å². The number of nitrogens with zero attached hydrogens (tertiary/aromatic N) is 2. The topological polar surface area (TPSA) is 35.0 Å². The van der Waals surface area contributed by atoms with E-state index < -0.39 is 0 Å². The van der Waals surface area contributed by atoms with Crippen LogP contribution in [0.25, 0.3) is 0 Å². The lowest BCUT2D eigenvalue weighted by molar-refractivity contribution is 0.456. The molecular weight excluding hydrogens is 271 g/mol. The molecule has 3 nitrogen and oxygen atoms in total. The number of aromatic nitrogens is 2. The number of alkyl halides is 1. The third-order valence-electron chi connectivity index (χ3n) is 2.53. The fourth-order valence-electron chi connectivity index (χ4n) is 1.48. The number of rotatable bonds is 4. The van der Waals surface area contributed by atoms with Crippen LogP contribution in [0.2, 0.25) is 5.15 Å². The van der Waals surface area contributed by atoms with Crippen molar-refractivity contribution in [2.45, 2.75) is 19.2 Å². The van der Waals surface area contributed by atoms with Gasteiger partial charge in [-0.1, -0.05) is 30.7 Å². The van der Waals surface area contributed by atoms with Crippen molar-refractivity contribution < 1.29 is 4.74 Å². The molecule has 0 radical (unpaired) electrons. The summed E-state index contributed by atoms with van der Waals surface area (Å²) in [5, 5.41) is 0.320. The molecule has 1 aromatic heterocycles. The van der Waals surface area contributed by atoms with Crippen LogP contribution in [0.3, 0.4) is 0 Å². The van der Waals surface area contributed by atoms with Gasteiger partial charge in [0.2, 0.25) is 5.88 Å². The second-order valence-electron chi connectivity index (χ2n) is 3.68. The Morgan fingerprint density at radius 3 is 2.50 bits per heavy atom. The fourth-order valence-corrected chi connectivity index (χ4v) is 1.98. The van der Waals surface area contributed by atoms with Gasteiger partial charge in [-0.2, -0.15) is 0 Å². The highest BCUT2D eigenvalue weighted by Gasteiger charge is 2.10. The lowest BCUT2D eigenvalue weighted by Gasteiger charge is -2.09. The van der Waals surface area contributed by atoms with Crippen molar-refractivity contribution in [1.29, 1.82) is 0 Å². The summed E-state index contributed by atoms with van der Waals surface area (Å²) in [7, 11) is 0. The van der Waals surface area contributed by atoms with Crippen LogP contribution in [-0.4, -0.2) is 9.97 Å². The number of hydrogen-bond donors (Lipinski definition) is 0. The molecule has 0 atom stereocenters. The molecule has 0 spiro atoms. The van der Waals surface area contributed by atoms with Gasteiger partial charge in [-0.15, -0.1) is 11.6 Å². The molecule has 0 saturated carbocycles. The number of halogens is 2. The van der Waals surface area contributed by atoms with Crippen LogP contribution in [0.15, 0.2) is 30.6 Å². The maximum absolute atomic E-state index is 5.93. The van der Waals surface area contributed by atoms with Crippen LogP contribution in [0, 0.1) is 0 Å². The Hall–Kier alpha value is -1.32. The Kier molecular flexibility index (Phi) is 4.39. The summed E-state index contributed by atoms with van der Waals surface area (Å²) >= 11 is 11.7. The summed E-state index contributed by atoms with van der Waals surface area (Å²) in [5.74, 6) is 1.31. The zero-order valence-electron chi connectivity index (χ0n) is 9.86. The van der Waals surface area contributed by atoms with E-state index in [0.29, 0.717) is 22.3 Å². The van der Waals surface area contributed by atoms with Crippen LogP contribution in [0.4, 0.5) is 0 Å². The molecule has 0 amide bonds. The first-order valence-corrected chi connectivity index (χ1v) is 6.48. The van der Waals surface area contributed by atoms with Crippen LogP contribution in [0.1, 0.15) is 18.1 Å². The van der Waals surface area contributed by atoms with Gasteiger partial charge in [-0.3, -0.25) is 0 Å². The van der Waals surface area contributed by atoms with Gasteiger partial charge in [0.05, 0.1) is 11.4 Å². The molecule has 18 heavy (non-hydrogen) atoms. The quantitative estimate of drug-likeness (QED) is 0.622. The van der Waals surface area contributed by atoms with Crippen molar-refractivity contribution in [2.75, 3.05) is 0 Å². The molecule has 1 heterocycles. The lowest BCUT2D eigenvalue weighted by Crippen LogP contribution is -1.96. The molecule has 0 saturated heterocycles. The van der Waals surface area contributed by atoms with Gasteiger partial charge in [0.25, 0.3) is 0 Å². The number of benzene rings is 1. The van der Waals surface area contributed by atoms with Gasteiger partial charge >= 0.3 is 0 Å². The monoisotopic (exact) mass is 282 g/mol. The minimum Gasteiger partial charge on any atom is -0.439 e. The molecule has 0 N–H and O–H groups in total. The van der Waals surface area contributed by atoms with Crippen LogP contribution in [-0.2, 0) is 12.3 Å². The van der Waals surface area contributed by atoms with E-state index in [1.165, 1.54) is 11.9 Å². The molecule has 0 unspecified atom stereocenters. The molecular formula is C13H12Cl2N2O. The molecule has 0 fully saturated rings. The van der Waals surface area contributed by atoms with Gasteiger partial charge in [-0.25, -0.2) is 9.97 Å². The lowest BCUT2D eigenvalue weighted by atomic mass is 10.2. The smallest absolute Gasteiger partial charge is 0.228 e. The Morgan fingerprint density at radius 2 is 1.89 bits per heavy atom. The second-order valence-corrected chi connectivity index (χ2v) is 4.31. The summed E-state index contributed by atoms with van der Waals surface area (Å²) < 4.78 is 5.66. The van der Waals surface area contributed by atoms with E-state index in [9.17, 15) is 0 Å². The van der Waals surface area contributed by atoms with E-state index in [2.05, 4.69) is 16.9 Å². The first-order chi connectivity index (χ1) is 8.74. The molecule has 2 rings (SSSR count). The van der Waals surface area contributed by atoms with Crippen molar-refractivity contribution in [3.63, 3.8) is 0 Å². The highest BCUT2D eigenvalue weighted by atomic mass is 35.5. The Labute approximate surface area is 116 Å². The van der Waals surface area contributed by atoms with E-state index in [0.717, 1.165) is 6.42 Å². The summed E-state index contributed by atoms with van der Waals surface area (Å²) in [6, 6.07) is 7.82. The van der Waals surface area contributed by atoms with Gasteiger partial charge < -0.3 is 4.74 Å². The molecule has 1 aromatic carbocycles. The first kappa shape index (κ1) is 13.1. The maximum Gasteiger partial charge on any atom is 0.228 e. The molecule has 0 bridgehead atoms. The van der Waals surface area contributed by atoms with Crippen LogP contribution >= 0.6 is 23.2 Å². The van der Waals surface area contributed by atoms with Crippen LogP contribution in [0.5, 0.6) is 11.6 Å². The predicted molar refractivity (Wildman–Crippen MR) is 72.5 cm³/mol. The number of ether oxygens (including phenoxy) is 1. The Morgan fingerprint density at radius 1 is 1.17 bits per heavy atom. The van der Waals surface area contributed by atoms with E-state index in [-0.39, 0.29) is 5.88 Å². The number of aryl methyl sites for hydroxylation is 1. The number of hydrogen-bond acceptors (Lipinski definition) is 3. The van der Waals surface area contributed by atoms with Gasteiger partial charge in [0.15, 0.2) is 0 Å². The minimum absolute atomic E-state index is 0.210. The highest BCUT2D eigenvalue weighted by Crippen LogP contribution is 2.28. The van der Waals surface area contributed by atoms with Crippen molar-refractivity contribution in [2.24, 2.45) is 0 Å². The molecule has 0 aliphatic rings. The van der Waals surface area contributed by atoms with Gasteiger partial charge in [-0.05, 0) is 24.1 Å². The third kappa shape index (κ3) is 2.92. The summed E-state index contributed by atoms with van der Waals surface area (Å²) in [6.45, 7) is 2.10. The standard InChI is InChI=1S/C13H12Cl2N2O/c1-2-9-3-5-10(6-4-9)18-13-11(7-14)12(15)16-8-17-13/h3-6,8H,2,7H2,1H3. The zero-order chi connectivity index (χ0) is 13.0. The average molecular weight is 283 g/mol. The molecule has 2 aromatic rings. The zero-order valence-corrected chi connectivity index (χ0v) is 11.4. The van der Waals surface area contributed by atoms with Crippen molar-refractivity contribution in [1.82, 2.24) is 9.97 Å². The largest absolute Gasteiger partial charge is 0.439 e. The fraction of sp³-hybridized carbons (Fsp3) is 0.231. The summed E-state index contributed by atoms with van der Waals surface area (Å²) in [6.07, 6.45) is 2.35. The maximum atomic E-state index is 5.93. The SMILES string of the molecule is CCc1ccc(Oc2ncnc(Cl)c2CCl)cc1. The summed E-state index contributed by atoms with van der Waals surface area (Å²) in [5.41, 5.74) is 1.85. The molecule has 0 aliphatic carbocycles. The van der Waals surface area contributed by atoms with Gasteiger partial charge in [0, 0.05) is 0 Å². The van der Waals surface area contributed by atoms with Crippen molar-refractivity contribution >= 4 is 23.2 Å². The van der Waals surface area contributed by atoms with Gasteiger partial charge in [0.1, 0.15) is 17.2 Å². The normalized spacial score (nSPS) is 10.4. The Balaban J connectivity index is 2.25. The molecule has 0 aliphatic heterocycles. The van der Waals surface area contributed by atoms with E-state index >= 15 is 0 Å². The van der Waals surface area contributed by atoms with Crippen molar-refractivity contribution in [3.8, 4) is 11.6 Å². The summed E-state index contributed by atoms with van der Waals surface area (Å²) in [4.78, 5) is 7.92. The van der Waals surface area contributed by atoms with E-state index in [1.54, 1.807) is 0 Å². The van der Waals surface area contributed by atoms with Crippen molar-refractivity contribution in [3.05, 3.63) is 46.9 Å². The molecule has 94 valence electrons. The molecule has 5 heteroatoms. The minimum atomic E-state index is 0.210. The van der Waals surface area contributed by atoms with E-state index in [1.807, 2.05) is 24.3 Å². The average Bonchev–Trinajstić information content (AvgIpc) is 2.40. The predicted octanol–water partition coefficient (Wildman–Crippen LogP) is 4.22. The van der Waals surface area contributed by atoms with Crippen LogP contribution < -0.4 is 4.74 Å². The second kappa shape index (κ2) is 6.03.